The molecule has 2 N–H and O–H groups in total. The van der Waals surface area contributed by atoms with E-state index in [1.807, 2.05) is 24.4 Å². The molecule has 3 rings (SSSR count). The summed E-state index contributed by atoms with van der Waals surface area (Å²) in [6.07, 6.45) is 2.52. The Balaban J connectivity index is 1.99. The summed E-state index contributed by atoms with van der Waals surface area (Å²) in [5, 5.41) is 15.4. The minimum Gasteiger partial charge on any atom is -0.396 e. The number of thiophene rings is 1. The fraction of sp³-hybridized carbons (Fsp3) is 0.375. The van der Waals surface area contributed by atoms with Gasteiger partial charge in [0.15, 0.2) is 5.11 Å². The van der Waals surface area contributed by atoms with Gasteiger partial charge in [0, 0.05) is 24.2 Å². The molecule has 2 atom stereocenters. The summed E-state index contributed by atoms with van der Waals surface area (Å²) in [4.78, 5) is 8.00. The number of rotatable bonds is 5. The second kappa shape index (κ2) is 6.73. The maximum atomic E-state index is 9.17. The Labute approximate surface area is 139 Å². The Morgan fingerprint density at radius 3 is 2.91 bits per heavy atom. The van der Waals surface area contributed by atoms with E-state index in [1.165, 1.54) is 10.4 Å². The first-order chi connectivity index (χ1) is 10.7. The molecule has 116 valence electrons. The largest absolute Gasteiger partial charge is 0.396 e. The van der Waals surface area contributed by atoms with E-state index in [-0.39, 0.29) is 18.7 Å². The molecule has 0 aromatic carbocycles. The molecular formula is C16H19N3OS2. The smallest absolute Gasteiger partial charge is 0.170 e. The lowest BCUT2D eigenvalue weighted by Crippen LogP contribution is -2.31. The zero-order chi connectivity index (χ0) is 15.5. The number of aliphatic hydroxyl groups excluding tert-OH is 1. The molecule has 1 aliphatic rings. The zero-order valence-corrected chi connectivity index (χ0v) is 14.0. The van der Waals surface area contributed by atoms with Crippen LogP contribution in [0.25, 0.3) is 0 Å². The summed E-state index contributed by atoms with van der Waals surface area (Å²) in [5.74, 6) is 0. The van der Waals surface area contributed by atoms with Crippen molar-refractivity contribution in [2.75, 3.05) is 13.2 Å². The molecule has 0 radical (unpaired) electrons. The monoisotopic (exact) mass is 333 g/mol. The lowest BCUT2D eigenvalue weighted by atomic mass is 10.0. The van der Waals surface area contributed by atoms with E-state index < -0.39 is 0 Å². The fourth-order valence-corrected chi connectivity index (χ4v) is 4.27. The van der Waals surface area contributed by atoms with Crippen molar-refractivity contribution in [3.63, 3.8) is 0 Å². The van der Waals surface area contributed by atoms with E-state index in [9.17, 15) is 0 Å². The molecule has 1 fully saturated rings. The predicted molar refractivity (Wildman–Crippen MR) is 92.9 cm³/mol. The summed E-state index contributed by atoms with van der Waals surface area (Å²) in [5.41, 5.74) is 2.27. The highest BCUT2D eigenvalue weighted by atomic mass is 32.1. The van der Waals surface area contributed by atoms with Crippen molar-refractivity contribution in [2.45, 2.75) is 25.4 Å². The molecule has 2 aromatic heterocycles. The predicted octanol–water partition coefficient (Wildman–Crippen LogP) is 2.81. The van der Waals surface area contributed by atoms with E-state index >= 15 is 0 Å². The third-order valence-corrected chi connectivity index (χ3v) is 5.37. The van der Waals surface area contributed by atoms with Crippen molar-refractivity contribution in [3.05, 3.63) is 52.0 Å². The molecule has 0 amide bonds. The van der Waals surface area contributed by atoms with Crippen LogP contribution in [0.5, 0.6) is 0 Å². The van der Waals surface area contributed by atoms with Crippen LogP contribution in [0, 0.1) is 6.92 Å². The van der Waals surface area contributed by atoms with Crippen LogP contribution in [0.1, 0.15) is 34.6 Å². The Bertz CT molecular complexity index is 644. The van der Waals surface area contributed by atoms with Gasteiger partial charge in [0.2, 0.25) is 0 Å². The minimum atomic E-state index is 0.0461. The van der Waals surface area contributed by atoms with Gasteiger partial charge in [-0.05, 0) is 54.7 Å². The molecule has 0 saturated carbocycles. The first kappa shape index (κ1) is 15.4. The number of aromatic nitrogens is 1. The van der Waals surface area contributed by atoms with Gasteiger partial charge in [0.05, 0.1) is 17.8 Å². The van der Waals surface area contributed by atoms with Crippen molar-refractivity contribution in [2.24, 2.45) is 0 Å². The van der Waals surface area contributed by atoms with Gasteiger partial charge < -0.3 is 15.3 Å². The molecule has 0 aliphatic carbocycles. The van der Waals surface area contributed by atoms with E-state index in [4.69, 9.17) is 17.3 Å². The third kappa shape index (κ3) is 2.86. The molecule has 0 bridgehead atoms. The molecule has 2 aromatic rings. The highest BCUT2D eigenvalue weighted by Crippen LogP contribution is 2.41. The minimum absolute atomic E-state index is 0.0461. The first-order valence-electron chi connectivity index (χ1n) is 7.35. The molecule has 1 saturated heterocycles. The second-order valence-electron chi connectivity index (χ2n) is 5.37. The quantitative estimate of drug-likeness (QED) is 0.824. The highest BCUT2D eigenvalue weighted by molar-refractivity contribution is 7.80. The third-order valence-electron chi connectivity index (χ3n) is 3.93. The van der Waals surface area contributed by atoms with Crippen LogP contribution in [0.2, 0.25) is 0 Å². The Kier molecular flexibility index (Phi) is 4.71. The Hall–Kier alpha value is -1.50. The zero-order valence-electron chi connectivity index (χ0n) is 12.4. The average molecular weight is 333 g/mol. The highest BCUT2D eigenvalue weighted by Gasteiger charge is 2.40. The topological polar surface area (TPSA) is 48.4 Å². The normalized spacial score (nSPS) is 21.2. The summed E-state index contributed by atoms with van der Waals surface area (Å²) in [7, 11) is 0. The lowest BCUT2D eigenvalue weighted by molar-refractivity contribution is 0.248. The standard InChI is InChI=1S/C16H19N3OS2/c1-11-6-10-22-15(11)14-13(12-5-2-3-7-17-12)18-16(21)19(14)8-4-9-20/h2-3,5-7,10,13-14,20H,4,8-9H2,1H3,(H,18,21)/t13-,14+/m1/s1. The van der Waals surface area contributed by atoms with E-state index in [2.05, 4.69) is 33.6 Å². The Morgan fingerprint density at radius 1 is 1.41 bits per heavy atom. The van der Waals surface area contributed by atoms with E-state index in [0.29, 0.717) is 6.42 Å². The van der Waals surface area contributed by atoms with Crippen LogP contribution in [-0.2, 0) is 0 Å². The summed E-state index contributed by atoms with van der Waals surface area (Å²) < 4.78 is 0. The number of pyridine rings is 1. The van der Waals surface area contributed by atoms with Crippen LogP contribution in [-0.4, -0.2) is 33.3 Å². The number of thiocarbonyl (C=S) groups is 1. The van der Waals surface area contributed by atoms with Gasteiger partial charge in [-0.2, -0.15) is 0 Å². The van der Waals surface area contributed by atoms with Crippen molar-refractivity contribution < 1.29 is 5.11 Å². The van der Waals surface area contributed by atoms with Gasteiger partial charge >= 0.3 is 0 Å². The fourth-order valence-electron chi connectivity index (χ4n) is 2.86. The van der Waals surface area contributed by atoms with Gasteiger partial charge in [-0.25, -0.2) is 0 Å². The van der Waals surface area contributed by atoms with Crippen molar-refractivity contribution >= 4 is 28.7 Å². The van der Waals surface area contributed by atoms with Crippen molar-refractivity contribution in [1.82, 2.24) is 15.2 Å². The van der Waals surface area contributed by atoms with Crippen LogP contribution >= 0.6 is 23.6 Å². The molecular weight excluding hydrogens is 314 g/mol. The van der Waals surface area contributed by atoms with E-state index in [1.54, 1.807) is 11.3 Å². The summed E-state index contributed by atoms with van der Waals surface area (Å²) >= 11 is 7.29. The molecule has 1 aliphatic heterocycles. The van der Waals surface area contributed by atoms with Crippen molar-refractivity contribution in [3.8, 4) is 0 Å². The molecule has 3 heterocycles. The van der Waals surface area contributed by atoms with Gasteiger partial charge in [0.1, 0.15) is 0 Å². The summed E-state index contributed by atoms with van der Waals surface area (Å²) in [6.45, 7) is 3.05. The van der Waals surface area contributed by atoms with Gasteiger partial charge in [-0.3, -0.25) is 4.98 Å². The number of aliphatic hydroxyl groups is 1. The van der Waals surface area contributed by atoms with Crippen LogP contribution in [0.3, 0.4) is 0 Å². The van der Waals surface area contributed by atoms with Crippen molar-refractivity contribution in [1.29, 1.82) is 0 Å². The van der Waals surface area contributed by atoms with Crippen LogP contribution in [0.15, 0.2) is 35.8 Å². The maximum absolute atomic E-state index is 9.17. The van der Waals surface area contributed by atoms with E-state index in [0.717, 1.165) is 17.4 Å². The SMILES string of the molecule is Cc1ccsc1[C@@H]1[C@@H](c2ccccn2)NC(=S)N1CCCO. The Morgan fingerprint density at radius 2 is 2.27 bits per heavy atom. The maximum Gasteiger partial charge on any atom is 0.170 e. The van der Waals surface area contributed by atoms with Crippen LogP contribution < -0.4 is 5.32 Å². The molecule has 0 unspecified atom stereocenters. The number of nitrogens with one attached hydrogen (secondary N) is 1. The second-order valence-corrected chi connectivity index (χ2v) is 6.70. The van der Waals surface area contributed by atoms with Gasteiger partial charge in [-0.15, -0.1) is 11.3 Å². The first-order valence-corrected chi connectivity index (χ1v) is 8.64. The van der Waals surface area contributed by atoms with Crippen LogP contribution in [0.4, 0.5) is 0 Å². The summed E-state index contributed by atoms with van der Waals surface area (Å²) in [6, 6.07) is 8.28. The molecule has 22 heavy (non-hydrogen) atoms. The molecule has 4 nitrogen and oxygen atoms in total. The molecule has 0 spiro atoms. The number of hydrogen-bond donors (Lipinski definition) is 2. The van der Waals surface area contributed by atoms with Gasteiger partial charge in [-0.1, -0.05) is 6.07 Å². The number of hydrogen-bond acceptors (Lipinski definition) is 4. The average Bonchev–Trinajstić information content (AvgIpc) is 3.09. The number of aryl methyl sites for hydroxylation is 1. The molecule has 6 heteroatoms. The number of nitrogens with zero attached hydrogens (tertiary/aromatic N) is 2. The lowest BCUT2D eigenvalue weighted by Gasteiger charge is -2.27. The van der Waals surface area contributed by atoms with Gasteiger partial charge in [0.25, 0.3) is 0 Å².